The molecule has 1 fully saturated rings. The van der Waals surface area contributed by atoms with Crippen LogP contribution in [0, 0.1) is 0 Å². The molecular weight excluding hydrogens is 104 g/mol. The number of carbonyl (C=O) groups is 1. The molecule has 0 spiro atoms. The van der Waals surface area contributed by atoms with E-state index in [-0.39, 0.29) is 11.9 Å². The van der Waals surface area contributed by atoms with Crippen LogP contribution in [0.25, 0.3) is 0 Å². The van der Waals surface area contributed by atoms with Gasteiger partial charge in [-0.05, 0) is 6.42 Å². The van der Waals surface area contributed by atoms with Gasteiger partial charge in [0.05, 0.1) is 0 Å². The molecule has 1 rings (SSSR count). The smallest absolute Gasteiger partial charge is 0.220 e. The van der Waals surface area contributed by atoms with E-state index in [1.54, 1.807) is 0 Å². The minimum absolute atomic E-state index is 0.131. The van der Waals surface area contributed by atoms with Crippen molar-refractivity contribution in [1.29, 1.82) is 0 Å². The molecule has 0 bridgehead atoms. The second-order valence-electron chi connectivity index (χ2n) is 2.10. The molecule has 0 radical (unpaired) electrons. The topological polar surface area (TPSA) is 55.1 Å². The van der Waals surface area contributed by atoms with E-state index in [1.807, 2.05) is 0 Å². The van der Waals surface area contributed by atoms with E-state index in [4.69, 9.17) is 5.73 Å². The SMILES string of the molecule is N[C@@H]1CCC(=O)NC1. The summed E-state index contributed by atoms with van der Waals surface area (Å²) < 4.78 is 0. The van der Waals surface area contributed by atoms with Gasteiger partial charge < -0.3 is 11.1 Å². The van der Waals surface area contributed by atoms with Crippen LogP contribution in [-0.4, -0.2) is 18.5 Å². The number of carbonyl (C=O) groups excluding carboxylic acids is 1. The number of nitrogens with one attached hydrogen (secondary N) is 1. The first-order valence-corrected chi connectivity index (χ1v) is 2.81. The molecular formula is C5H10N2O. The van der Waals surface area contributed by atoms with Crippen LogP contribution in [0.15, 0.2) is 0 Å². The fourth-order valence-electron chi connectivity index (χ4n) is 0.752. The zero-order valence-corrected chi connectivity index (χ0v) is 4.68. The van der Waals surface area contributed by atoms with Crippen molar-refractivity contribution in [3.05, 3.63) is 0 Å². The summed E-state index contributed by atoms with van der Waals surface area (Å²) in [7, 11) is 0. The maximum absolute atomic E-state index is 10.4. The summed E-state index contributed by atoms with van der Waals surface area (Å²) >= 11 is 0. The van der Waals surface area contributed by atoms with Crippen molar-refractivity contribution in [2.24, 2.45) is 5.73 Å². The molecule has 3 heteroatoms. The Morgan fingerprint density at radius 3 is 2.88 bits per heavy atom. The molecule has 0 aromatic rings. The maximum atomic E-state index is 10.4. The molecule has 1 aliphatic heterocycles. The Morgan fingerprint density at radius 1 is 1.75 bits per heavy atom. The first kappa shape index (κ1) is 5.56. The average molecular weight is 114 g/mol. The van der Waals surface area contributed by atoms with Crippen LogP contribution < -0.4 is 11.1 Å². The predicted molar refractivity (Wildman–Crippen MR) is 30.2 cm³/mol. The number of hydrogen-bond acceptors (Lipinski definition) is 2. The Morgan fingerprint density at radius 2 is 2.50 bits per heavy atom. The van der Waals surface area contributed by atoms with E-state index in [9.17, 15) is 4.79 Å². The fraction of sp³-hybridized carbons (Fsp3) is 0.800. The summed E-state index contributed by atoms with van der Waals surface area (Å²) in [5, 5.41) is 2.67. The van der Waals surface area contributed by atoms with Crippen molar-refractivity contribution in [3.63, 3.8) is 0 Å². The van der Waals surface area contributed by atoms with E-state index in [0.717, 1.165) is 6.42 Å². The van der Waals surface area contributed by atoms with Gasteiger partial charge in [0.2, 0.25) is 5.91 Å². The van der Waals surface area contributed by atoms with Gasteiger partial charge in [0.25, 0.3) is 0 Å². The van der Waals surface area contributed by atoms with Crippen molar-refractivity contribution in [3.8, 4) is 0 Å². The van der Waals surface area contributed by atoms with Crippen molar-refractivity contribution in [1.82, 2.24) is 5.32 Å². The van der Waals surface area contributed by atoms with E-state index in [1.165, 1.54) is 0 Å². The van der Waals surface area contributed by atoms with Crippen LogP contribution in [0.5, 0.6) is 0 Å². The average Bonchev–Trinajstić information content (AvgIpc) is 1.77. The third kappa shape index (κ3) is 1.20. The summed E-state index contributed by atoms with van der Waals surface area (Å²) in [6.07, 6.45) is 1.44. The van der Waals surface area contributed by atoms with Gasteiger partial charge in [-0.3, -0.25) is 4.79 Å². The first-order valence-electron chi connectivity index (χ1n) is 2.81. The molecule has 1 aliphatic rings. The second kappa shape index (κ2) is 2.13. The van der Waals surface area contributed by atoms with Crippen molar-refractivity contribution in [2.45, 2.75) is 18.9 Å². The van der Waals surface area contributed by atoms with Gasteiger partial charge in [0, 0.05) is 19.0 Å². The molecule has 3 nitrogen and oxygen atoms in total. The van der Waals surface area contributed by atoms with Gasteiger partial charge in [-0.15, -0.1) is 0 Å². The molecule has 1 heterocycles. The lowest BCUT2D eigenvalue weighted by molar-refractivity contribution is -0.122. The van der Waals surface area contributed by atoms with Crippen LogP contribution in [0.1, 0.15) is 12.8 Å². The van der Waals surface area contributed by atoms with Crippen LogP contribution in [0.4, 0.5) is 0 Å². The summed E-state index contributed by atoms with van der Waals surface area (Å²) in [6.45, 7) is 0.652. The highest BCUT2D eigenvalue weighted by atomic mass is 16.1. The van der Waals surface area contributed by atoms with Gasteiger partial charge in [-0.2, -0.15) is 0 Å². The molecule has 0 saturated carbocycles. The lowest BCUT2D eigenvalue weighted by atomic mass is 10.1. The molecule has 46 valence electrons. The third-order valence-electron chi connectivity index (χ3n) is 1.30. The normalized spacial score (nSPS) is 29.6. The van der Waals surface area contributed by atoms with Crippen molar-refractivity contribution < 1.29 is 4.79 Å². The second-order valence-corrected chi connectivity index (χ2v) is 2.10. The zero-order valence-electron chi connectivity index (χ0n) is 4.68. The standard InChI is InChI=1S/C5H10N2O/c6-4-1-2-5(8)7-3-4/h4H,1-3,6H2,(H,7,8)/t4-/m1/s1. The first-order chi connectivity index (χ1) is 3.79. The predicted octanol–water partition coefficient (Wildman–Crippen LogP) is -0.776. The lowest BCUT2D eigenvalue weighted by Crippen LogP contribution is -2.42. The largest absolute Gasteiger partial charge is 0.355 e. The van der Waals surface area contributed by atoms with E-state index in [0.29, 0.717) is 13.0 Å². The van der Waals surface area contributed by atoms with E-state index in [2.05, 4.69) is 5.32 Å². The number of hydrogen-bond donors (Lipinski definition) is 2. The maximum Gasteiger partial charge on any atom is 0.220 e. The summed E-state index contributed by atoms with van der Waals surface area (Å²) in [5.41, 5.74) is 5.48. The fourth-order valence-corrected chi connectivity index (χ4v) is 0.752. The van der Waals surface area contributed by atoms with E-state index < -0.39 is 0 Å². The number of amides is 1. The van der Waals surface area contributed by atoms with Gasteiger partial charge in [-0.25, -0.2) is 0 Å². The Bertz CT molecular complexity index is 92.6. The Balaban J connectivity index is 2.29. The number of nitrogens with two attached hydrogens (primary N) is 1. The van der Waals surface area contributed by atoms with Gasteiger partial charge >= 0.3 is 0 Å². The van der Waals surface area contributed by atoms with Crippen LogP contribution in [-0.2, 0) is 4.79 Å². The van der Waals surface area contributed by atoms with Crippen LogP contribution >= 0.6 is 0 Å². The highest BCUT2D eigenvalue weighted by molar-refractivity contribution is 5.76. The quantitative estimate of drug-likeness (QED) is 0.434. The summed E-state index contributed by atoms with van der Waals surface area (Å²) in [5.74, 6) is 0.131. The lowest BCUT2D eigenvalue weighted by Gasteiger charge is -2.17. The van der Waals surface area contributed by atoms with Crippen LogP contribution in [0.2, 0.25) is 0 Å². The van der Waals surface area contributed by atoms with Crippen LogP contribution in [0.3, 0.4) is 0 Å². The third-order valence-corrected chi connectivity index (χ3v) is 1.30. The van der Waals surface area contributed by atoms with E-state index >= 15 is 0 Å². The van der Waals surface area contributed by atoms with Gasteiger partial charge in [-0.1, -0.05) is 0 Å². The number of piperidine rings is 1. The minimum atomic E-state index is 0.131. The summed E-state index contributed by atoms with van der Waals surface area (Å²) in [4.78, 5) is 10.4. The minimum Gasteiger partial charge on any atom is -0.355 e. The van der Waals surface area contributed by atoms with Gasteiger partial charge in [0.1, 0.15) is 0 Å². The zero-order chi connectivity index (χ0) is 5.98. The molecule has 0 aromatic heterocycles. The number of rotatable bonds is 0. The van der Waals surface area contributed by atoms with Gasteiger partial charge in [0.15, 0.2) is 0 Å². The van der Waals surface area contributed by atoms with Crippen molar-refractivity contribution in [2.75, 3.05) is 6.54 Å². The molecule has 1 amide bonds. The van der Waals surface area contributed by atoms with Crippen molar-refractivity contribution >= 4 is 5.91 Å². The monoisotopic (exact) mass is 114 g/mol. The molecule has 1 atom stereocenters. The Kier molecular flexibility index (Phi) is 1.48. The summed E-state index contributed by atoms with van der Waals surface area (Å²) in [6, 6.07) is 0.188. The highest BCUT2D eigenvalue weighted by Crippen LogP contribution is 1.98. The molecule has 1 saturated heterocycles. The molecule has 0 aliphatic carbocycles. The molecule has 8 heavy (non-hydrogen) atoms. The highest BCUT2D eigenvalue weighted by Gasteiger charge is 2.12. The Hall–Kier alpha value is -0.570. The molecule has 0 unspecified atom stereocenters. The Labute approximate surface area is 48.2 Å². The molecule has 0 aromatic carbocycles. The molecule has 3 N–H and O–H groups in total.